The van der Waals surface area contributed by atoms with Crippen LogP contribution in [0.25, 0.3) is 10.2 Å². The molecule has 2 atom stereocenters. The Kier molecular flexibility index (Phi) is 6.36. The Balaban J connectivity index is 1.30. The minimum absolute atomic E-state index is 0.00526. The monoisotopic (exact) mass is 541 g/mol. The van der Waals surface area contributed by atoms with Gasteiger partial charge < -0.3 is 25.3 Å². The van der Waals surface area contributed by atoms with Gasteiger partial charge in [0.15, 0.2) is 22.8 Å². The fourth-order valence-corrected chi connectivity index (χ4v) is 5.39. The lowest BCUT2D eigenvalue weighted by atomic mass is 9.86. The number of likely N-dealkylation sites (tertiary alicyclic amines) is 1. The standard InChI is InChI=1S/C23H23F4N5O4S/c1-12(20(33)30-21-29-16-8-17-18(9-19(16)37-21)36-23(26,27)35-17)31-6-4-22(24,25)15(11-31)13-3-5-32(34)14(7-13)10-28-2/h3,5,7-9,12,15,28H,4,6,10-11H2,1-2H3,(H,29,30,33)/t12-,15-/m0/s1. The molecule has 0 unspecified atom stereocenters. The number of hydrogen-bond donors (Lipinski definition) is 2. The van der Waals surface area contributed by atoms with Crippen molar-refractivity contribution in [2.45, 2.75) is 44.1 Å². The minimum atomic E-state index is -3.74. The number of rotatable bonds is 6. The Hall–Kier alpha value is -3.23. The molecule has 14 heteroatoms. The molecule has 1 amide bonds. The van der Waals surface area contributed by atoms with Gasteiger partial charge >= 0.3 is 6.29 Å². The third kappa shape index (κ3) is 5.00. The van der Waals surface area contributed by atoms with Gasteiger partial charge in [0.05, 0.1) is 28.7 Å². The second-order valence-electron chi connectivity index (χ2n) is 8.98. The lowest BCUT2D eigenvalue weighted by Crippen LogP contribution is -2.52. The maximum absolute atomic E-state index is 14.9. The first-order chi connectivity index (χ1) is 17.5. The molecular weight excluding hydrogens is 518 g/mol. The number of alkyl halides is 4. The zero-order chi connectivity index (χ0) is 26.5. The van der Waals surface area contributed by atoms with E-state index in [9.17, 15) is 27.6 Å². The topological polar surface area (TPSA) is 103 Å². The molecule has 0 radical (unpaired) electrons. The number of nitrogens with one attached hydrogen (secondary N) is 2. The number of carbonyl (C=O) groups is 1. The Labute approximate surface area is 212 Å². The molecule has 37 heavy (non-hydrogen) atoms. The number of hydrogen-bond acceptors (Lipinski definition) is 8. The average molecular weight is 542 g/mol. The number of thiazole rings is 1. The molecule has 0 spiro atoms. The Morgan fingerprint density at radius 3 is 2.76 bits per heavy atom. The number of ether oxygens (including phenoxy) is 2. The fraction of sp³-hybridized carbons (Fsp3) is 0.435. The molecule has 5 rings (SSSR count). The van der Waals surface area contributed by atoms with E-state index in [1.54, 1.807) is 18.9 Å². The van der Waals surface area contributed by atoms with Gasteiger partial charge in [0.1, 0.15) is 0 Å². The number of pyridine rings is 1. The van der Waals surface area contributed by atoms with Gasteiger partial charge in [-0.2, -0.15) is 4.73 Å². The number of fused-ring (bicyclic) bond motifs is 2. The van der Waals surface area contributed by atoms with E-state index in [2.05, 4.69) is 25.1 Å². The third-order valence-corrected chi connectivity index (χ3v) is 7.44. The number of anilines is 1. The van der Waals surface area contributed by atoms with Gasteiger partial charge in [-0.3, -0.25) is 9.69 Å². The minimum Gasteiger partial charge on any atom is -0.618 e. The normalized spacial score (nSPS) is 21.2. The lowest BCUT2D eigenvalue weighted by molar-refractivity contribution is -0.614. The van der Waals surface area contributed by atoms with Crippen LogP contribution in [0.2, 0.25) is 0 Å². The van der Waals surface area contributed by atoms with E-state index < -0.39 is 36.5 Å². The first kappa shape index (κ1) is 25.4. The van der Waals surface area contributed by atoms with Crippen LogP contribution < -0.4 is 24.8 Å². The molecule has 2 aromatic heterocycles. The van der Waals surface area contributed by atoms with Crippen molar-refractivity contribution in [3.05, 3.63) is 46.9 Å². The van der Waals surface area contributed by atoms with Crippen molar-refractivity contribution in [1.29, 1.82) is 0 Å². The summed E-state index contributed by atoms with van der Waals surface area (Å²) in [6.07, 6.45) is -2.97. The van der Waals surface area contributed by atoms with Crippen LogP contribution in [0.1, 0.15) is 30.5 Å². The number of halogens is 4. The van der Waals surface area contributed by atoms with E-state index >= 15 is 0 Å². The molecule has 2 N–H and O–H groups in total. The molecule has 198 valence electrons. The first-order valence-electron chi connectivity index (χ1n) is 11.5. The Morgan fingerprint density at radius 1 is 1.30 bits per heavy atom. The molecule has 3 aromatic rings. The highest BCUT2D eigenvalue weighted by Gasteiger charge is 2.47. The number of piperidine rings is 1. The van der Waals surface area contributed by atoms with Crippen LogP contribution in [0, 0.1) is 5.21 Å². The number of carbonyl (C=O) groups excluding carboxylic acids is 1. The van der Waals surface area contributed by atoms with Gasteiger partial charge in [-0.05, 0) is 19.5 Å². The molecule has 0 saturated carbocycles. The number of amides is 1. The van der Waals surface area contributed by atoms with Crippen LogP contribution in [-0.2, 0) is 11.3 Å². The third-order valence-electron chi connectivity index (χ3n) is 6.51. The maximum Gasteiger partial charge on any atom is 0.586 e. The highest BCUT2D eigenvalue weighted by atomic mass is 32.1. The first-order valence-corrected chi connectivity index (χ1v) is 12.3. The second kappa shape index (κ2) is 9.26. The maximum atomic E-state index is 14.9. The van der Waals surface area contributed by atoms with E-state index in [0.29, 0.717) is 26.2 Å². The summed E-state index contributed by atoms with van der Waals surface area (Å²) in [4.78, 5) is 18.9. The van der Waals surface area contributed by atoms with E-state index in [0.717, 1.165) is 11.3 Å². The number of benzene rings is 1. The molecule has 0 bridgehead atoms. The molecule has 1 fully saturated rings. The van der Waals surface area contributed by atoms with E-state index in [1.807, 2.05) is 0 Å². The SMILES string of the molecule is CNCc1cc([C@@H]2CN([C@@H](C)C(=O)Nc3nc4cc5c(cc4s3)OC(F)(F)O5)CCC2(F)F)cc[n+]1[O-]. The van der Waals surface area contributed by atoms with Gasteiger partial charge in [-0.25, -0.2) is 13.8 Å². The van der Waals surface area contributed by atoms with Crippen molar-refractivity contribution in [3.8, 4) is 11.5 Å². The molecule has 1 saturated heterocycles. The molecule has 2 aliphatic rings. The van der Waals surface area contributed by atoms with Crippen molar-refractivity contribution >= 4 is 32.6 Å². The van der Waals surface area contributed by atoms with Crippen molar-refractivity contribution in [1.82, 2.24) is 15.2 Å². The summed E-state index contributed by atoms with van der Waals surface area (Å²) in [5.41, 5.74) is 0.983. The van der Waals surface area contributed by atoms with Gasteiger partial charge in [-0.15, -0.1) is 8.78 Å². The van der Waals surface area contributed by atoms with Crippen LogP contribution in [0.3, 0.4) is 0 Å². The zero-order valence-corrected chi connectivity index (χ0v) is 20.6. The Morgan fingerprint density at radius 2 is 2.03 bits per heavy atom. The fourth-order valence-electron chi connectivity index (χ4n) is 4.51. The average Bonchev–Trinajstić information content (AvgIpc) is 3.34. The molecule has 9 nitrogen and oxygen atoms in total. The number of aromatic nitrogens is 2. The molecular formula is C23H23F4N5O4S. The van der Waals surface area contributed by atoms with Crippen molar-refractivity contribution in [2.24, 2.45) is 0 Å². The van der Waals surface area contributed by atoms with Crippen molar-refractivity contribution in [3.63, 3.8) is 0 Å². The predicted octanol–water partition coefficient (Wildman–Crippen LogP) is 3.42. The molecule has 2 aliphatic heterocycles. The molecule has 1 aromatic carbocycles. The molecule has 0 aliphatic carbocycles. The van der Waals surface area contributed by atoms with E-state index in [4.69, 9.17) is 0 Å². The largest absolute Gasteiger partial charge is 0.618 e. The van der Waals surface area contributed by atoms with Crippen LogP contribution in [0.4, 0.5) is 22.7 Å². The van der Waals surface area contributed by atoms with Gasteiger partial charge in [0, 0.05) is 43.8 Å². The van der Waals surface area contributed by atoms with Gasteiger partial charge in [0.2, 0.25) is 11.6 Å². The highest BCUT2D eigenvalue weighted by molar-refractivity contribution is 7.22. The summed E-state index contributed by atoms with van der Waals surface area (Å²) in [5, 5.41) is 17.7. The van der Waals surface area contributed by atoms with Crippen LogP contribution in [-0.4, -0.2) is 54.2 Å². The Bertz CT molecular complexity index is 1310. The second-order valence-corrected chi connectivity index (χ2v) is 10.0. The predicted molar refractivity (Wildman–Crippen MR) is 126 cm³/mol. The van der Waals surface area contributed by atoms with Crippen LogP contribution in [0.5, 0.6) is 11.5 Å². The number of nitrogens with zero attached hydrogens (tertiary/aromatic N) is 3. The summed E-state index contributed by atoms with van der Waals surface area (Å²) in [6.45, 7) is 1.76. The molecule has 4 heterocycles. The van der Waals surface area contributed by atoms with Gasteiger partial charge in [0.25, 0.3) is 5.92 Å². The summed E-state index contributed by atoms with van der Waals surface area (Å²) < 4.78 is 66.4. The van der Waals surface area contributed by atoms with E-state index in [-0.39, 0.29) is 36.3 Å². The summed E-state index contributed by atoms with van der Waals surface area (Å²) in [6, 6.07) is 4.75. The summed E-state index contributed by atoms with van der Waals surface area (Å²) in [5.74, 6) is -4.94. The van der Waals surface area contributed by atoms with Crippen LogP contribution >= 0.6 is 11.3 Å². The highest BCUT2D eigenvalue weighted by Crippen LogP contribution is 2.45. The van der Waals surface area contributed by atoms with Crippen LogP contribution in [0.15, 0.2) is 30.5 Å². The lowest BCUT2D eigenvalue weighted by Gasteiger charge is -2.40. The smallest absolute Gasteiger partial charge is 0.586 e. The van der Waals surface area contributed by atoms with Crippen molar-refractivity contribution in [2.75, 3.05) is 25.5 Å². The van der Waals surface area contributed by atoms with E-state index in [1.165, 1.54) is 30.5 Å². The zero-order valence-electron chi connectivity index (χ0n) is 19.8. The summed E-state index contributed by atoms with van der Waals surface area (Å²) in [7, 11) is 1.65. The quantitative estimate of drug-likeness (QED) is 0.280. The van der Waals surface area contributed by atoms with Crippen molar-refractivity contribution < 1.29 is 36.6 Å². The summed E-state index contributed by atoms with van der Waals surface area (Å²) >= 11 is 1.06. The van der Waals surface area contributed by atoms with Gasteiger partial charge in [-0.1, -0.05) is 11.3 Å².